The molecule has 0 saturated heterocycles. The predicted molar refractivity (Wildman–Crippen MR) is 102 cm³/mol. The lowest BCUT2D eigenvalue weighted by Crippen LogP contribution is -2.42. The van der Waals surface area contributed by atoms with Gasteiger partial charge in [-0.15, -0.1) is 0 Å². The van der Waals surface area contributed by atoms with Gasteiger partial charge in [-0.25, -0.2) is 10.3 Å². The molecule has 4 rings (SSSR count). The zero-order valence-corrected chi connectivity index (χ0v) is 14.4. The van der Waals surface area contributed by atoms with Crippen LogP contribution in [-0.4, -0.2) is 29.0 Å². The fourth-order valence-corrected chi connectivity index (χ4v) is 3.26. The minimum Gasteiger partial charge on any atom is -0.361 e. The molecule has 5 heteroatoms. The smallest absolute Gasteiger partial charge is 0.341 e. The highest BCUT2D eigenvalue weighted by Crippen LogP contribution is 2.29. The molecule has 2 amide bonds. The topological polar surface area (TPSA) is 57.4 Å². The molecule has 1 aliphatic heterocycles. The van der Waals surface area contributed by atoms with Crippen LogP contribution < -0.4 is 5.48 Å². The van der Waals surface area contributed by atoms with Crippen LogP contribution in [0.15, 0.2) is 66.9 Å². The zero-order chi connectivity index (χ0) is 17.8. The first kappa shape index (κ1) is 16.4. The van der Waals surface area contributed by atoms with E-state index in [0.29, 0.717) is 19.7 Å². The van der Waals surface area contributed by atoms with Gasteiger partial charge in [0.2, 0.25) is 0 Å². The molecule has 3 aromatic rings. The molecule has 132 valence electrons. The lowest BCUT2D eigenvalue weighted by atomic mass is 9.99. The summed E-state index contributed by atoms with van der Waals surface area (Å²) < 4.78 is 0. The van der Waals surface area contributed by atoms with Crippen LogP contribution in [0, 0.1) is 0 Å². The molecular weight excluding hydrogens is 326 g/mol. The Labute approximate surface area is 152 Å². The maximum Gasteiger partial charge on any atom is 0.341 e. The summed E-state index contributed by atoms with van der Waals surface area (Å²) in [5, 5.41) is 1.22. The van der Waals surface area contributed by atoms with E-state index in [2.05, 4.69) is 34.9 Å². The number of carbonyl (C=O) groups excluding carboxylic acids is 1. The Morgan fingerprint density at radius 3 is 2.73 bits per heavy atom. The van der Waals surface area contributed by atoms with Crippen LogP contribution in [0.4, 0.5) is 4.79 Å². The Kier molecular flexibility index (Phi) is 4.71. The van der Waals surface area contributed by atoms with Crippen molar-refractivity contribution in [2.45, 2.75) is 13.0 Å². The number of hydroxylamine groups is 1. The number of urea groups is 1. The van der Waals surface area contributed by atoms with Gasteiger partial charge in [0.05, 0.1) is 6.61 Å². The summed E-state index contributed by atoms with van der Waals surface area (Å²) in [6.45, 7) is 1.61. The SMILES string of the molecule is O=C(NOCc1ccccc1)N1CC=C(c2c[nH]c3ccccc23)CC1. The fraction of sp³-hybridized carbons (Fsp3) is 0.190. The van der Waals surface area contributed by atoms with E-state index in [1.807, 2.05) is 42.5 Å². The van der Waals surface area contributed by atoms with E-state index in [0.717, 1.165) is 17.5 Å². The van der Waals surface area contributed by atoms with E-state index in [-0.39, 0.29) is 6.03 Å². The van der Waals surface area contributed by atoms with Crippen LogP contribution in [0.3, 0.4) is 0 Å². The average molecular weight is 347 g/mol. The van der Waals surface area contributed by atoms with E-state index >= 15 is 0 Å². The summed E-state index contributed by atoms with van der Waals surface area (Å²) >= 11 is 0. The number of benzene rings is 2. The number of hydrogen-bond acceptors (Lipinski definition) is 2. The highest BCUT2D eigenvalue weighted by molar-refractivity contribution is 5.93. The van der Waals surface area contributed by atoms with Crippen molar-refractivity contribution < 1.29 is 9.63 Å². The molecule has 2 heterocycles. The maximum atomic E-state index is 12.2. The van der Waals surface area contributed by atoms with Gasteiger partial charge in [0.1, 0.15) is 0 Å². The van der Waals surface area contributed by atoms with E-state index < -0.39 is 0 Å². The number of nitrogens with one attached hydrogen (secondary N) is 2. The number of amides is 2. The molecule has 0 saturated carbocycles. The number of para-hydroxylation sites is 1. The number of H-pyrrole nitrogens is 1. The first-order valence-corrected chi connectivity index (χ1v) is 8.77. The second kappa shape index (κ2) is 7.45. The molecule has 1 aliphatic rings. The van der Waals surface area contributed by atoms with Crippen molar-refractivity contribution in [3.8, 4) is 0 Å². The molecule has 2 N–H and O–H groups in total. The monoisotopic (exact) mass is 347 g/mol. The third-order valence-corrected chi connectivity index (χ3v) is 4.67. The maximum absolute atomic E-state index is 12.2. The molecule has 0 bridgehead atoms. The molecule has 2 aromatic carbocycles. The number of aromatic nitrogens is 1. The van der Waals surface area contributed by atoms with Crippen molar-refractivity contribution in [3.63, 3.8) is 0 Å². The number of aromatic amines is 1. The van der Waals surface area contributed by atoms with E-state index in [9.17, 15) is 4.79 Å². The standard InChI is InChI=1S/C21H21N3O2/c25-21(23-26-15-16-6-2-1-3-7-16)24-12-10-17(11-13-24)19-14-22-20-9-5-4-8-18(19)20/h1-10,14,22H,11-13,15H2,(H,23,25). The van der Waals surface area contributed by atoms with Crippen LogP contribution in [0.2, 0.25) is 0 Å². The quantitative estimate of drug-likeness (QED) is 0.698. The van der Waals surface area contributed by atoms with E-state index in [4.69, 9.17) is 4.84 Å². The molecule has 0 fully saturated rings. The zero-order valence-electron chi connectivity index (χ0n) is 14.4. The van der Waals surface area contributed by atoms with Crippen molar-refractivity contribution in [3.05, 3.63) is 78.0 Å². The van der Waals surface area contributed by atoms with Gasteiger partial charge in [-0.2, -0.15) is 0 Å². The molecule has 5 nitrogen and oxygen atoms in total. The van der Waals surface area contributed by atoms with Gasteiger partial charge < -0.3 is 9.88 Å². The third kappa shape index (κ3) is 3.48. The number of fused-ring (bicyclic) bond motifs is 1. The second-order valence-corrected chi connectivity index (χ2v) is 6.35. The Hall–Kier alpha value is -3.05. The minimum absolute atomic E-state index is 0.199. The molecule has 0 spiro atoms. The van der Waals surface area contributed by atoms with Crippen LogP contribution in [-0.2, 0) is 11.4 Å². The van der Waals surface area contributed by atoms with Crippen molar-refractivity contribution in [1.82, 2.24) is 15.4 Å². The van der Waals surface area contributed by atoms with Gasteiger partial charge in [0, 0.05) is 35.8 Å². The summed E-state index contributed by atoms with van der Waals surface area (Å²) in [6, 6.07) is 17.8. The van der Waals surface area contributed by atoms with Crippen LogP contribution in [0.5, 0.6) is 0 Å². The van der Waals surface area contributed by atoms with Gasteiger partial charge in [0.15, 0.2) is 0 Å². The summed E-state index contributed by atoms with van der Waals surface area (Å²) in [5.41, 5.74) is 7.19. The third-order valence-electron chi connectivity index (χ3n) is 4.67. The molecule has 0 unspecified atom stereocenters. The molecule has 0 aliphatic carbocycles. The molecule has 26 heavy (non-hydrogen) atoms. The van der Waals surface area contributed by atoms with E-state index in [1.165, 1.54) is 16.5 Å². The summed E-state index contributed by atoms with van der Waals surface area (Å²) in [6.07, 6.45) is 5.00. The van der Waals surface area contributed by atoms with Gasteiger partial charge >= 0.3 is 6.03 Å². The van der Waals surface area contributed by atoms with Gasteiger partial charge in [-0.1, -0.05) is 54.6 Å². The normalized spacial score (nSPS) is 14.3. The van der Waals surface area contributed by atoms with Crippen LogP contribution >= 0.6 is 0 Å². The second-order valence-electron chi connectivity index (χ2n) is 6.35. The molecule has 0 radical (unpaired) electrons. The van der Waals surface area contributed by atoms with Crippen LogP contribution in [0.1, 0.15) is 17.5 Å². The summed E-state index contributed by atoms with van der Waals surface area (Å²) in [4.78, 5) is 22.6. The number of hydrogen-bond donors (Lipinski definition) is 2. The lowest BCUT2D eigenvalue weighted by Gasteiger charge is -2.26. The summed E-state index contributed by atoms with van der Waals surface area (Å²) in [7, 11) is 0. The molecular formula is C21H21N3O2. The Morgan fingerprint density at radius 2 is 1.92 bits per heavy atom. The Balaban J connectivity index is 1.34. The highest BCUT2D eigenvalue weighted by atomic mass is 16.7. The van der Waals surface area contributed by atoms with Gasteiger partial charge in [-0.05, 0) is 23.6 Å². The Bertz CT molecular complexity index is 931. The van der Waals surface area contributed by atoms with Gasteiger partial charge in [0.25, 0.3) is 0 Å². The first-order valence-electron chi connectivity index (χ1n) is 8.77. The fourth-order valence-electron chi connectivity index (χ4n) is 3.26. The van der Waals surface area contributed by atoms with Crippen molar-refractivity contribution in [2.75, 3.05) is 13.1 Å². The average Bonchev–Trinajstić information content (AvgIpc) is 3.13. The van der Waals surface area contributed by atoms with E-state index in [1.54, 1.807) is 4.90 Å². The lowest BCUT2D eigenvalue weighted by molar-refractivity contribution is 0.0375. The highest BCUT2D eigenvalue weighted by Gasteiger charge is 2.19. The number of nitrogens with zero attached hydrogens (tertiary/aromatic N) is 1. The Morgan fingerprint density at radius 1 is 1.12 bits per heavy atom. The van der Waals surface area contributed by atoms with Crippen molar-refractivity contribution in [2.24, 2.45) is 0 Å². The predicted octanol–water partition coefficient (Wildman–Crippen LogP) is 4.10. The molecule has 0 atom stereocenters. The van der Waals surface area contributed by atoms with Gasteiger partial charge in [-0.3, -0.25) is 4.84 Å². The summed E-state index contributed by atoms with van der Waals surface area (Å²) in [5.74, 6) is 0. The number of rotatable bonds is 4. The van der Waals surface area contributed by atoms with Crippen molar-refractivity contribution in [1.29, 1.82) is 0 Å². The number of carbonyl (C=O) groups is 1. The largest absolute Gasteiger partial charge is 0.361 e. The van der Waals surface area contributed by atoms with Crippen LogP contribution in [0.25, 0.3) is 16.5 Å². The van der Waals surface area contributed by atoms with Crippen molar-refractivity contribution >= 4 is 22.5 Å². The minimum atomic E-state index is -0.199. The molecule has 1 aromatic heterocycles. The first-order chi connectivity index (χ1) is 12.8.